The molecule has 0 saturated carbocycles. The summed E-state index contributed by atoms with van der Waals surface area (Å²) in [6, 6.07) is 8.83. The zero-order chi connectivity index (χ0) is 13.8. The third-order valence-electron chi connectivity index (χ3n) is 3.50. The average Bonchev–Trinajstić information content (AvgIpc) is 2.87. The molecule has 0 spiro atoms. The Hall–Kier alpha value is -1.59. The lowest BCUT2D eigenvalue weighted by Crippen LogP contribution is -2.43. The molecule has 0 aromatic heterocycles. The average molecular weight is 299 g/mol. The molecule has 1 aromatic rings. The standard InChI is InChI=1S/C14H18N2O3.ClH/c1-15(11-6-3-2-4-7-11)13(17)10-16-9-5-8-12(16)14(18)19;/h2-4,6-7,12H,5,8-10H2,1H3,(H,18,19);1H. The first-order chi connectivity index (χ1) is 9.09. The van der Waals surface area contributed by atoms with E-state index in [1.165, 1.54) is 0 Å². The second-order valence-electron chi connectivity index (χ2n) is 4.76. The summed E-state index contributed by atoms with van der Waals surface area (Å²) in [7, 11) is 1.71. The van der Waals surface area contributed by atoms with Crippen LogP contribution in [0.25, 0.3) is 0 Å². The number of amides is 1. The maximum Gasteiger partial charge on any atom is 0.320 e. The van der Waals surface area contributed by atoms with E-state index in [0.717, 1.165) is 12.1 Å². The van der Waals surface area contributed by atoms with Crippen molar-refractivity contribution in [2.24, 2.45) is 0 Å². The number of anilines is 1. The van der Waals surface area contributed by atoms with Gasteiger partial charge in [-0.1, -0.05) is 18.2 Å². The fourth-order valence-corrected chi connectivity index (χ4v) is 2.37. The molecule has 1 heterocycles. The predicted molar refractivity (Wildman–Crippen MR) is 79.3 cm³/mol. The van der Waals surface area contributed by atoms with E-state index in [2.05, 4.69) is 0 Å². The van der Waals surface area contributed by atoms with E-state index in [4.69, 9.17) is 5.11 Å². The van der Waals surface area contributed by atoms with Gasteiger partial charge in [-0.2, -0.15) is 0 Å². The van der Waals surface area contributed by atoms with Crippen LogP contribution in [0.2, 0.25) is 0 Å². The fourth-order valence-electron chi connectivity index (χ4n) is 2.37. The number of carbonyl (C=O) groups excluding carboxylic acids is 1. The Bertz CT molecular complexity index is 467. The Balaban J connectivity index is 0.00000200. The molecule has 6 heteroatoms. The van der Waals surface area contributed by atoms with Crippen molar-refractivity contribution in [3.05, 3.63) is 30.3 Å². The number of carboxylic acids is 1. The summed E-state index contributed by atoms with van der Waals surface area (Å²) in [4.78, 5) is 26.5. The van der Waals surface area contributed by atoms with Crippen LogP contribution >= 0.6 is 12.4 Å². The second-order valence-corrected chi connectivity index (χ2v) is 4.76. The highest BCUT2D eigenvalue weighted by molar-refractivity contribution is 5.94. The minimum absolute atomic E-state index is 0. The molecule has 0 aliphatic carbocycles. The molecule has 110 valence electrons. The van der Waals surface area contributed by atoms with Gasteiger partial charge >= 0.3 is 5.97 Å². The number of aliphatic carboxylic acids is 1. The topological polar surface area (TPSA) is 60.9 Å². The molecule has 2 rings (SSSR count). The van der Waals surface area contributed by atoms with Gasteiger partial charge in [-0.25, -0.2) is 0 Å². The first-order valence-corrected chi connectivity index (χ1v) is 6.38. The largest absolute Gasteiger partial charge is 0.480 e. The predicted octanol–water partition coefficient (Wildman–Crippen LogP) is 1.62. The fraction of sp³-hybridized carbons (Fsp3) is 0.429. The van der Waals surface area contributed by atoms with Crippen LogP contribution < -0.4 is 4.90 Å². The summed E-state index contributed by atoms with van der Waals surface area (Å²) >= 11 is 0. The maximum absolute atomic E-state index is 12.2. The summed E-state index contributed by atoms with van der Waals surface area (Å²) in [6.07, 6.45) is 1.46. The molecule has 0 bridgehead atoms. The zero-order valence-corrected chi connectivity index (χ0v) is 12.2. The number of carbonyl (C=O) groups is 2. The normalized spacial score (nSPS) is 18.4. The van der Waals surface area contributed by atoms with Gasteiger partial charge in [0.15, 0.2) is 0 Å². The lowest BCUT2D eigenvalue weighted by molar-refractivity contribution is -0.142. The number of rotatable bonds is 4. The quantitative estimate of drug-likeness (QED) is 0.917. The molecule has 1 atom stereocenters. The summed E-state index contributed by atoms with van der Waals surface area (Å²) < 4.78 is 0. The molecule has 20 heavy (non-hydrogen) atoms. The number of para-hydroxylation sites is 1. The molecule has 0 radical (unpaired) electrons. The van der Waals surface area contributed by atoms with E-state index < -0.39 is 12.0 Å². The number of benzene rings is 1. The minimum atomic E-state index is -0.840. The number of likely N-dealkylation sites (N-methyl/N-ethyl adjacent to an activating group) is 1. The van der Waals surface area contributed by atoms with Crippen LogP contribution in [0.1, 0.15) is 12.8 Å². The third kappa shape index (κ3) is 3.71. The molecular weight excluding hydrogens is 280 g/mol. The summed E-state index contributed by atoms with van der Waals surface area (Å²) in [5.41, 5.74) is 0.818. The number of hydrogen-bond donors (Lipinski definition) is 1. The molecule has 1 N–H and O–H groups in total. The third-order valence-corrected chi connectivity index (χ3v) is 3.50. The minimum Gasteiger partial charge on any atom is -0.480 e. The van der Waals surface area contributed by atoms with Crippen molar-refractivity contribution < 1.29 is 14.7 Å². The summed E-state index contributed by atoms with van der Waals surface area (Å²) in [5.74, 6) is -0.924. The molecule has 1 saturated heterocycles. The molecule has 1 aliphatic heterocycles. The highest BCUT2D eigenvalue weighted by atomic mass is 35.5. The lowest BCUT2D eigenvalue weighted by atomic mass is 10.2. The van der Waals surface area contributed by atoms with Crippen LogP contribution in [0.4, 0.5) is 5.69 Å². The van der Waals surface area contributed by atoms with Crippen LogP contribution in [-0.2, 0) is 9.59 Å². The van der Waals surface area contributed by atoms with Crippen molar-refractivity contribution in [3.8, 4) is 0 Å². The maximum atomic E-state index is 12.2. The number of likely N-dealkylation sites (tertiary alicyclic amines) is 1. The zero-order valence-electron chi connectivity index (χ0n) is 11.4. The van der Waals surface area contributed by atoms with Crippen molar-refractivity contribution in [2.75, 3.05) is 25.0 Å². The van der Waals surface area contributed by atoms with Gasteiger partial charge in [-0.15, -0.1) is 12.4 Å². The number of carboxylic acid groups (broad SMARTS) is 1. The van der Waals surface area contributed by atoms with Gasteiger partial charge in [0.2, 0.25) is 5.91 Å². The van der Waals surface area contributed by atoms with E-state index in [0.29, 0.717) is 13.0 Å². The van der Waals surface area contributed by atoms with Gasteiger partial charge in [0.25, 0.3) is 0 Å². The van der Waals surface area contributed by atoms with Gasteiger partial charge < -0.3 is 10.0 Å². The highest BCUT2D eigenvalue weighted by Gasteiger charge is 2.32. The monoisotopic (exact) mass is 298 g/mol. The Labute approximate surface area is 124 Å². The SMILES string of the molecule is CN(C(=O)CN1CCCC1C(=O)O)c1ccccc1.Cl. The Morgan fingerprint density at radius 1 is 1.35 bits per heavy atom. The number of halogens is 1. The first-order valence-electron chi connectivity index (χ1n) is 6.38. The van der Waals surface area contributed by atoms with Crippen molar-refractivity contribution in [1.82, 2.24) is 4.90 Å². The van der Waals surface area contributed by atoms with Crippen LogP contribution in [0.3, 0.4) is 0 Å². The molecule has 1 fully saturated rings. The summed E-state index contributed by atoms with van der Waals surface area (Å²) in [5, 5.41) is 9.09. The second kappa shape index (κ2) is 7.26. The van der Waals surface area contributed by atoms with Gasteiger partial charge in [-0.3, -0.25) is 14.5 Å². The van der Waals surface area contributed by atoms with Crippen LogP contribution in [0.5, 0.6) is 0 Å². The van der Waals surface area contributed by atoms with E-state index >= 15 is 0 Å². The van der Waals surface area contributed by atoms with Gasteiger partial charge in [-0.05, 0) is 31.5 Å². The Kier molecular flexibility index (Phi) is 5.98. The Morgan fingerprint density at radius 2 is 2.00 bits per heavy atom. The molecule has 1 amide bonds. The number of hydrogen-bond acceptors (Lipinski definition) is 3. The van der Waals surface area contributed by atoms with Crippen LogP contribution in [0.15, 0.2) is 30.3 Å². The van der Waals surface area contributed by atoms with Crippen molar-refractivity contribution in [3.63, 3.8) is 0 Å². The lowest BCUT2D eigenvalue weighted by Gasteiger charge is -2.24. The first kappa shape index (κ1) is 16.5. The van der Waals surface area contributed by atoms with Crippen molar-refractivity contribution >= 4 is 30.0 Å². The molecule has 1 aromatic carbocycles. The van der Waals surface area contributed by atoms with Crippen molar-refractivity contribution in [1.29, 1.82) is 0 Å². The van der Waals surface area contributed by atoms with Crippen LogP contribution in [-0.4, -0.2) is 48.1 Å². The number of nitrogens with zero attached hydrogens (tertiary/aromatic N) is 2. The molecule has 5 nitrogen and oxygen atoms in total. The molecular formula is C14H19ClN2O3. The highest BCUT2D eigenvalue weighted by Crippen LogP contribution is 2.18. The van der Waals surface area contributed by atoms with Crippen molar-refractivity contribution in [2.45, 2.75) is 18.9 Å². The van der Waals surface area contributed by atoms with Gasteiger partial charge in [0.05, 0.1) is 6.54 Å². The summed E-state index contributed by atoms with van der Waals surface area (Å²) in [6.45, 7) is 0.827. The van der Waals surface area contributed by atoms with Crippen LogP contribution in [0, 0.1) is 0 Å². The molecule has 1 aliphatic rings. The Morgan fingerprint density at radius 3 is 2.60 bits per heavy atom. The van der Waals surface area contributed by atoms with E-state index in [1.54, 1.807) is 16.8 Å². The van der Waals surface area contributed by atoms with E-state index in [1.807, 2.05) is 30.3 Å². The smallest absolute Gasteiger partial charge is 0.320 e. The molecule has 1 unspecified atom stereocenters. The van der Waals surface area contributed by atoms with E-state index in [9.17, 15) is 9.59 Å². The van der Waals surface area contributed by atoms with Gasteiger partial charge in [0, 0.05) is 12.7 Å². The van der Waals surface area contributed by atoms with Gasteiger partial charge in [0.1, 0.15) is 6.04 Å². The van der Waals surface area contributed by atoms with E-state index in [-0.39, 0.29) is 24.9 Å².